The van der Waals surface area contributed by atoms with Crippen molar-refractivity contribution >= 4 is 28.9 Å². The Morgan fingerprint density at radius 3 is 2.65 bits per heavy atom. The van der Waals surface area contributed by atoms with Crippen LogP contribution < -0.4 is 15.5 Å². The first-order chi connectivity index (χ1) is 16.2. The summed E-state index contributed by atoms with van der Waals surface area (Å²) in [6.07, 6.45) is -2.95. The average molecular weight is 468 g/mol. The van der Waals surface area contributed by atoms with E-state index < -0.39 is 24.5 Å². The van der Waals surface area contributed by atoms with Crippen molar-refractivity contribution in [3.63, 3.8) is 0 Å². The monoisotopic (exact) mass is 468 g/mol. The molecule has 2 amide bonds. The van der Waals surface area contributed by atoms with Crippen LogP contribution in [-0.2, 0) is 6.54 Å². The van der Waals surface area contributed by atoms with E-state index in [4.69, 9.17) is 5.26 Å². The number of hydrogen-bond donors (Lipinski definition) is 2. The maximum atomic E-state index is 13.4. The first-order valence-electron chi connectivity index (χ1n) is 10.3. The largest absolute Gasteiger partial charge is 0.405 e. The Balaban J connectivity index is 1.55. The number of anilines is 3. The van der Waals surface area contributed by atoms with Gasteiger partial charge in [-0.3, -0.25) is 14.3 Å². The summed E-state index contributed by atoms with van der Waals surface area (Å²) in [7, 11) is 0. The van der Waals surface area contributed by atoms with E-state index in [1.54, 1.807) is 30.3 Å². The summed E-state index contributed by atoms with van der Waals surface area (Å²) in [6, 6.07) is 13.9. The molecule has 3 aromatic rings. The zero-order chi connectivity index (χ0) is 24.5. The number of rotatable bonds is 5. The van der Waals surface area contributed by atoms with Crippen molar-refractivity contribution in [3.05, 3.63) is 71.5 Å². The van der Waals surface area contributed by atoms with Gasteiger partial charge in [0.25, 0.3) is 11.8 Å². The number of nitrogens with one attached hydrogen (secondary N) is 2. The predicted octanol–water partition coefficient (Wildman–Crippen LogP) is 4.03. The summed E-state index contributed by atoms with van der Waals surface area (Å²) in [5, 5.41) is 18.2. The molecule has 0 fully saturated rings. The molecule has 4 rings (SSSR count). The molecule has 0 aliphatic carbocycles. The lowest BCUT2D eigenvalue weighted by Crippen LogP contribution is -2.47. The van der Waals surface area contributed by atoms with Crippen molar-refractivity contribution in [1.29, 1.82) is 5.26 Å². The molecule has 1 aliphatic heterocycles. The molecule has 2 N–H and O–H groups in total. The van der Waals surface area contributed by atoms with Gasteiger partial charge in [0.15, 0.2) is 0 Å². The minimum absolute atomic E-state index is 0.183. The smallest absolute Gasteiger partial charge is 0.376 e. The van der Waals surface area contributed by atoms with E-state index in [0.29, 0.717) is 17.8 Å². The van der Waals surface area contributed by atoms with Gasteiger partial charge in [0.2, 0.25) is 0 Å². The van der Waals surface area contributed by atoms with Crippen molar-refractivity contribution in [2.24, 2.45) is 0 Å². The Hall–Kier alpha value is -4.33. The second kappa shape index (κ2) is 8.90. The molecule has 8 nitrogen and oxygen atoms in total. The quantitative estimate of drug-likeness (QED) is 0.589. The molecular weight excluding hydrogens is 449 g/mol. The average Bonchev–Trinajstić information content (AvgIpc) is 3.20. The van der Waals surface area contributed by atoms with Crippen LogP contribution in [-0.4, -0.2) is 40.4 Å². The van der Waals surface area contributed by atoms with E-state index in [1.807, 2.05) is 13.0 Å². The fraction of sp³-hybridized carbons (Fsp3) is 0.217. The maximum absolute atomic E-state index is 13.4. The van der Waals surface area contributed by atoms with E-state index >= 15 is 0 Å². The number of halogens is 3. The van der Waals surface area contributed by atoms with Crippen LogP contribution in [0.25, 0.3) is 0 Å². The number of carbonyl (C=O) groups excluding carboxylic acids is 2. The molecule has 34 heavy (non-hydrogen) atoms. The lowest BCUT2D eigenvalue weighted by atomic mass is 10.1. The lowest BCUT2D eigenvalue weighted by Gasteiger charge is -2.34. The Labute approximate surface area is 192 Å². The van der Waals surface area contributed by atoms with Crippen LogP contribution >= 0.6 is 0 Å². The fourth-order valence-electron chi connectivity index (χ4n) is 3.73. The highest BCUT2D eigenvalue weighted by Crippen LogP contribution is 2.30. The summed E-state index contributed by atoms with van der Waals surface area (Å²) in [5.41, 5.74) is 1.76. The summed E-state index contributed by atoms with van der Waals surface area (Å²) in [4.78, 5) is 27.6. The van der Waals surface area contributed by atoms with Crippen LogP contribution in [0.2, 0.25) is 0 Å². The zero-order valence-corrected chi connectivity index (χ0v) is 17.9. The number of amides is 2. The molecule has 174 valence electrons. The summed E-state index contributed by atoms with van der Waals surface area (Å²) < 4.78 is 38.8. The van der Waals surface area contributed by atoms with Gasteiger partial charge in [-0.25, -0.2) is 0 Å². The molecular formula is C23H19F3N6O2. The molecule has 1 aromatic heterocycles. The van der Waals surface area contributed by atoms with E-state index in [1.165, 1.54) is 34.0 Å². The van der Waals surface area contributed by atoms with Crippen LogP contribution in [0.1, 0.15) is 33.3 Å². The maximum Gasteiger partial charge on any atom is 0.405 e. The van der Waals surface area contributed by atoms with Gasteiger partial charge in [0.1, 0.15) is 12.2 Å². The minimum Gasteiger partial charge on any atom is -0.376 e. The Kier molecular flexibility index (Phi) is 5.98. The molecule has 0 bridgehead atoms. The fourth-order valence-corrected chi connectivity index (χ4v) is 3.73. The van der Waals surface area contributed by atoms with E-state index in [0.717, 1.165) is 0 Å². The number of carbonyl (C=O) groups is 2. The number of hydrogen-bond acceptors (Lipinski definition) is 5. The minimum atomic E-state index is -4.34. The third-order valence-electron chi connectivity index (χ3n) is 5.28. The van der Waals surface area contributed by atoms with Crippen molar-refractivity contribution in [2.75, 3.05) is 22.1 Å². The Morgan fingerprint density at radius 2 is 1.97 bits per heavy atom. The van der Waals surface area contributed by atoms with E-state index in [-0.39, 0.29) is 28.7 Å². The first kappa shape index (κ1) is 22.8. The predicted molar refractivity (Wildman–Crippen MR) is 119 cm³/mol. The number of aromatic nitrogens is 2. The van der Waals surface area contributed by atoms with E-state index in [2.05, 4.69) is 15.7 Å². The van der Waals surface area contributed by atoms with Gasteiger partial charge >= 0.3 is 6.18 Å². The number of nitriles is 1. The van der Waals surface area contributed by atoms with Gasteiger partial charge in [-0.15, -0.1) is 0 Å². The van der Waals surface area contributed by atoms with Crippen molar-refractivity contribution < 1.29 is 22.8 Å². The molecule has 0 radical (unpaired) electrons. The molecule has 1 atom stereocenters. The molecule has 0 saturated carbocycles. The molecule has 2 aromatic carbocycles. The van der Waals surface area contributed by atoms with Gasteiger partial charge in [-0.05, 0) is 49.4 Å². The summed E-state index contributed by atoms with van der Waals surface area (Å²) >= 11 is 0. The molecule has 1 aliphatic rings. The highest BCUT2D eigenvalue weighted by Gasteiger charge is 2.35. The number of benzene rings is 2. The van der Waals surface area contributed by atoms with Crippen molar-refractivity contribution in [2.45, 2.75) is 25.7 Å². The number of fused-ring (bicyclic) bond motifs is 1. The van der Waals surface area contributed by atoms with Crippen LogP contribution in [0.4, 0.5) is 30.2 Å². The van der Waals surface area contributed by atoms with E-state index in [9.17, 15) is 22.8 Å². The zero-order valence-electron chi connectivity index (χ0n) is 17.9. The van der Waals surface area contributed by atoms with Crippen molar-refractivity contribution in [1.82, 2.24) is 9.78 Å². The van der Waals surface area contributed by atoms with Gasteiger partial charge in [-0.1, -0.05) is 6.07 Å². The van der Waals surface area contributed by atoms with Crippen LogP contribution in [0, 0.1) is 11.3 Å². The topological polar surface area (TPSA) is 103 Å². The highest BCUT2D eigenvalue weighted by atomic mass is 19.4. The summed E-state index contributed by atoms with van der Waals surface area (Å²) in [6.45, 7) is 1.02. The molecule has 0 spiro atoms. The van der Waals surface area contributed by atoms with Gasteiger partial charge in [0.05, 0.1) is 36.1 Å². The second-order valence-corrected chi connectivity index (χ2v) is 7.78. The second-order valence-electron chi connectivity index (χ2n) is 7.78. The Bertz CT molecular complexity index is 1280. The SMILES string of the molecule is C[C@H]1Cn2ncc(NC(=O)c3cccc(C#N)c3)c2C(=O)N1c1ccc(NCC(F)(F)F)cc1. The molecule has 0 unspecified atom stereocenters. The normalized spacial score (nSPS) is 15.4. The van der Waals surface area contributed by atoms with Gasteiger partial charge in [0, 0.05) is 16.9 Å². The third kappa shape index (κ3) is 4.71. The Morgan fingerprint density at radius 1 is 1.24 bits per heavy atom. The summed E-state index contributed by atoms with van der Waals surface area (Å²) in [5.74, 6) is -0.903. The van der Waals surface area contributed by atoms with Crippen LogP contribution in [0.3, 0.4) is 0 Å². The van der Waals surface area contributed by atoms with Crippen LogP contribution in [0.15, 0.2) is 54.7 Å². The number of alkyl halides is 3. The van der Waals surface area contributed by atoms with Crippen molar-refractivity contribution in [3.8, 4) is 6.07 Å². The van der Waals surface area contributed by atoms with Crippen LogP contribution in [0.5, 0.6) is 0 Å². The standard InChI is InChI=1S/C23H19F3N6O2/c1-14-12-31-20(19(11-29-31)30-21(33)16-4-2-3-15(9-16)10-27)22(34)32(14)18-7-5-17(6-8-18)28-13-23(24,25)26/h2-9,11,14,28H,12-13H2,1H3,(H,30,33)/t14-/m0/s1. The molecule has 2 heterocycles. The number of nitrogens with zero attached hydrogens (tertiary/aromatic N) is 4. The lowest BCUT2D eigenvalue weighted by molar-refractivity contribution is -0.115. The molecule has 0 saturated heterocycles. The molecule has 11 heteroatoms. The van der Waals surface area contributed by atoms with Gasteiger partial charge < -0.3 is 15.5 Å². The highest BCUT2D eigenvalue weighted by molar-refractivity contribution is 6.13. The third-order valence-corrected chi connectivity index (χ3v) is 5.28. The van der Waals surface area contributed by atoms with Gasteiger partial charge in [-0.2, -0.15) is 23.5 Å². The first-order valence-corrected chi connectivity index (χ1v) is 10.3.